The first-order valence-electron chi connectivity index (χ1n) is 14.8. The van der Waals surface area contributed by atoms with Gasteiger partial charge in [0.15, 0.2) is 5.43 Å². The number of hydrogen-bond acceptors (Lipinski definition) is 4. The van der Waals surface area contributed by atoms with Crippen LogP contribution >= 0.6 is 0 Å². The lowest BCUT2D eigenvalue weighted by molar-refractivity contribution is -0.130. The average Bonchev–Trinajstić information content (AvgIpc) is 3.56. The number of aliphatic hydroxyl groups is 1. The first-order chi connectivity index (χ1) is 18.2. The molecule has 2 rings (SSSR count). The fraction of sp³-hybridized carbons (Fsp3) is 0.656. The summed E-state index contributed by atoms with van der Waals surface area (Å²) in [6.45, 7) is 10.1. The predicted molar refractivity (Wildman–Crippen MR) is 155 cm³/mol. The van der Waals surface area contributed by atoms with Crippen molar-refractivity contribution in [2.45, 2.75) is 123 Å². The van der Waals surface area contributed by atoms with Gasteiger partial charge in [-0.05, 0) is 30.2 Å². The van der Waals surface area contributed by atoms with Crippen molar-refractivity contribution in [3.63, 3.8) is 0 Å². The number of rotatable bonds is 19. The molecule has 38 heavy (non-hydrogen) atoms. The second-order valence-electron chi connectivity index (χ2n) is 11.5. The topological polar surface area (TPSA) is 95.5 Å². The Labute approximate surface area is 229 Å². The molecule has 0 heterocycles. The van der Waals surface area contributed by atoms with Crippen LogP contribution in [0.3, 0.4) is 0 Å². The van der Waals surface area contributed by atoms with Gasteiger partial charge in [0.05, 0.1) is 6.04 Å². The van der Waals surface area contributed by atoms with Crippen LogP contribution in [0.2, 0.25) is 0 Å². The lowest BCUT2D eigenvalue weighted by atomic mass is 9.94. The zero-order chi connectivity index (χ0) is 28.1. The van der Waals surface area contributed by atoms with E-state index in [-0.39, 0.29) is 29.1 Å². The highest BCUT2D eigenvalue weighted by Crippen LogP contribution is 2.33. The van der Waals surface area contributed by atoms with Gasteiger partial charge in [0, 0.05) is 17.5 Å². The maximum absolute atomic E-state index is 13.3. The van der Waals surface area contributed by atoms with Gasteiger partial charge in [0.2, 0.25) is 11.8 Å². The van der Waals surface area contributed by atoms with Gasteiger partial charge >= 0.3 is 0 Å². The van der Waals surface area contributed by atoms with Crippen LogP contribution in [0.5, 0.6) is 0 Å². The Balaban J connectivity index is 1.90. The standard InChI is InChI=1S/C32H50N2O4/c1-6-7-8-9-10-11-12-13-17-20-26(35)33-25(21-22(2)3)32(38)34-29(23(4)5)31(37)28-27(30(28)36)24-18-15-14-16-19-24/h14-16,18-19,22-23,25,29,31,37H,6-13,17,20-21H2,1-5H3,(H,33,35)(H,34,38)/t25-,29-,31-/m0/s1. The van der Waals surface area contributed by atoms with Crippen LogP contribution in [0.4, 0.5) is 0 Å². The molecule has 0 fully saturated rings. The van der Waals surface area contributed by atoms with Crippen molar-refractivity contribution in [1.29, 1.82) is 0 Å². The second kappa shape index (κ2) is 16.5. The molecule has 0 saturated carbocycles. The Kier molecular flexibility index (Phi) is 13.8. The fourth-order valence-corrected chi connectivity index (χ4v) is 4.98. The maximum Gasteiger partial charge on any atom is 0.242 e. The minimum atomic E-state index is -1.10. The molecule has 212 valence electrons. The number of carbonyl (C=O) groups is 2. The van der Waals surface area contributed by atoms with Gasteiger partial charge in [-0.25, -0.2) is 0 Å². The highest BCUT2D eigenvalue weighted by Gasteiger charge is 2.37. The van der Waals surface area contributed by atoms with E-state index < -0.39 is 18.2 Å². The third-order valence-electron chi connectivity index (χ3n) is 7.27. The van der Waals surface area contributed by atoms with Crippen LogP contribution in [-0.4, -0.2) is 29.0 Å². The van der Waals surface area contributed by atoms with E-state index in [1.165, 1.54) is 38.5 Å². The molecule has 2 amide bonds. The van der Waals surface area contributed by atoms with E-state index in [0.29, 0.717) is 24.0 Å². The van der Waals surface area contributed by atoms with Crippen molar-refractivity contribution in [1.82, 2.24) is 10.6 Å². The van der Waals surface area contributed by atoms with Gasteiger partial charge in [-0.3, -0.25) is 14.4 Å². The number of carbonyl (C=O) groups excluding carboxylic acids is 2. The fourth-order valence-electron chi connectivity index (χ4n) is 4.98. The summed E-state index contributed by atoms with van der Waals surface area (Å²) in [4.78, 5) is 38.5. The number of nitrogens with one attached hydrogen (secondary N) is 2. The molecule has 6 heteroatoms. The van der Waals surface area contributed by atoms with Gasteiger partial charge in [0.25, 0.3) is 0 Å². The van der Waals surface area contributed by atoms with E-state index in [2.05, 4.69) is 17.6 Å². The van der Waals surface area contributed by atoms with E-state index in [1.54, 1.807) is 0 Å². The van der Waals surface area contributed by atoms with Crippen molar-refractivity contribution in [2.24, 2.45) is 11.8 Å². The molecule has 0 unspecified atom stereocenters. The van der Waals surface area contributed by atoms with Gasteiger partial charge in [-0.1, -0.05) is 116 Å². The molecule has 0 aromatic heterocycles. The van der Waals surface area contributed by atoms with Gasteiger partial charge in [-0.2, -0.15) is 0 Å². The molecule has 0 bridgehead atoms. The zero-order valence-corrected chi connectivity index (χ0v) is 24.2. The Morgan fingerprint density at radius 3 is 1.97 bits per heavy atom. The minimum absolute atomic E-state index is 0.107. The highest BCUT2D eigenvalue weighted by molar-refractivity contribution is 5.88. The number of benzene rings is 1. The molecule has 0 aliphatic carbocycles. The lowest BCUT2D eigenvalue weighted by Crippen LogP contribution is -2.52. The molecule has 3 atom stereocenters. The molecule has 2 aromatic rings. The summed E-state index contributed by atoms with van der Waals surface area (Å²) < 4.78 is 0. The van der Waals surface area contributed by atoms with Gasteiger partial charge in [-0.15, -0.1) is 0 Å². The van der Waals surface area contributed by atoms with Crippen LogP contribution in [-0.2, 0) is 9.59 Å². The highest BCUT2D eigenvalue weighted by atomic mass is 16.3. The average molecular weight is 527 g/mol. The number of unbranched alkanes of at least 4 members (excludes halogenated alkanes) is 8. The van der Waals surface area contributed by atoms with E-state index in [1.807, 2.05) is 58.0 Å². The number of hydrogen-bond donors (Lipinski definition) is 3. The predicted octanol–water partition coefficient (Wildman–Crippen LogP) is 6.22. The van der Waals surface area contributed by atoms with Crippen LogP contribution in [0.15, 0.2) is 35.1 Å². The van der Waals surface area contributed by atoms with Crippen molar-refractivity contribution in [3.05, 3.63) is 46.1 Å². The molecule has 6 nitrogen and oxygen atoms in total. The summed E-state index contributed by atoms with van der Waals surface area (Å²) in [6.07, 6.45) is 10.5. The van der Waals surface area contributed by atoms with Gasteiger partial charge in [0.1, 0.15) is 12.1 Å². The third kappa shape index (κ3) is 10.4. The molecule has 3 N–H and O–H groups in total. The normalized spacial score (nSPS) is 14.1. The Morgan fingerprint density at radius 1 is 0.842 bits per heavy atom. The summed E-state index contributed by atoms with van der Waals surface area (Å²) in [5.74, 6) is -0.323. The van der Waals surface area contributed by atoms with Crippen molar-refractivity contribution >= 4 is 11.8 Å². The molecule has 0 aliphatic rings. The van der Waals surface area contributed by atoms with Crippen molar-refractivity contribution in [2.75, 3.05) is 0 Å². The molecular formula is C32H50N2O4. The third-order valence-corrected chi connectivity index (χ3v) is 7.27. The lowest BCUT2D eigenvalue weighted by Gasteiger charge is -2.29. The molecule has 0 saturated heterocycles. The Hall–Kier alpha value is -2.47. The summed E-state index contributed by atoms with van der Waals surface area (Å²) in [5, 5.41) is 17.0. The quantitative estimate of drug-likeness (QED) is 0.190. The molecule has 0 aliphatic heterocycles. The monoisotopic (exact) mass is 526 g/mol. The van der Waals surface area contributed by atoms with Crippen LogP contribution < -0.4 is 16.1 Å². The largest absolute Gasteiger partial charge is 0.386 e. The first kappa shape index (κ1) is 31.7. The second-order valence-corrected chi connectivity index (χ2v) is 11.5. The van der Waals surface area contributed by atoms with Gasteiger partial charge < -0.3 is 15.7 Å². The van der Waals surface area contributed by atoms with Crippen molar-refractivity contribution < 1.29 is 14.7 Å². The SMILES string of the molecule is CCCCCCCCCCCC(=O)N[C@@H](CC(C)C)C(=O)N[C@@H](C(C)C)[C@@H](O)c1c(-c2ccccc2)c1=O. The first-order valence-corrected chi connectivity index (χ1v) is 14.8. The molecule has 2 aromatic carbocycles. The van der Waals surface area contributed by atoms with Crippen LogP contribution in [0.1, 0.15) is 117 Å². The van der Waals surface area contributed by atoms with E-state index >= 15 is 0 Å². The van der Waals surface area contributed by atoms with E-state index in [4.69, 9.17) is 0 Å². The molecule has 0 radical (unpaired) electrons. The number of aliphatic hydroxyl groups excluding tert-OH is 1. The molecular weight excluding hydrogens is 476 g/mol. The summed E-state index contributed by atoms with van der Waals surface area (Å²) in [7, 11) is 0. The molecule has 0 spiro atoms. The summed E-state index contributed by atoms with van der Waals surface area (Å²) in [5.41, 5.74) is 1.52. The maximum atomic E-state index is 13.3. The van der Waals surface area contributed by atoms with Crippen molar-refractivity contribution in [3.8, 4) is 11.1 Å². The zero-order valence-electron chi connectivity index (χ0n) is 24.2. The van der Waals surface area contributed by atoms with E-state index in [0.717, 1.165) is 24.8 Å². The summed E-state index contributed by atoms with van der Waals surface area (Å²) in [6, 6.07) is 7.97. The summed E-state index contributed by atoms with van der Waals surface area (Å²) >= 11 is 0. The minimum Gasteiger partial charge on any atom is -0.386 e. The van der Waals surface area contributed by atoms with Crippen LogP contribution in [0, 0.1) is 11.8 Å². The smallest absolute Gasteiger partial charge is 0.242 e. The Bertz CT molecular complexity index is 975. The number of amides is 2. The van der Waals surface area contributed by atoms with Crippen LogP contribution in [0.25, 0.3) is 11.1 Å². The van der Waals surface area contributed by atoms with E-state index in [9.17, 15) is 19.5 Å². The Morgan fingerprint density at radius 2 is 1.42 bits per heavy atom.